The summed E-state index contributed by atoms with van der Waals surface area (Å²) in [6.07, 6.45) is 6.77. The Morgan fingerprint density at radius 2 is 1.50 bits per heavy atom. The largest absolute Gasteiger partial charge is 0.487 e. The number of ether oxygens (including phenoxy) is 2. The summed E-state index contributed by atoms with van der Waals surface area (Å²) in [5, 5.41) is 0. The van der Waals surface area contributed by atoms with Crippen LogP contribution in [0.4, 0.5) is 0 Å². The van der Waals surface area contributed by atoms with Crippen LogP contribution in [0.5, 0.6) is 11.5 Å². The Bertz CT molecular complexity index is 630. The Labute approximate surface area is 144 Å². The molecule has 4 aliphatic carbocycles. The molecule has 1 aromatic carbocycles. The van der Waals surface area contributed by atoms with Gasteiger partial charge in [0, 0.05) is 5.57 Å². The summed E-state index contributed by atoms with van der Waals surface area (Å²) >= 11 is 0. The van der Waals surface area contributed by atoms with Crippen LogP contribution in [0.25, 0.3) is 0 Å². The molecular weight excluding hydrogens is 300 g/mol. The van der Waals surface area contributed by atoms with E-state index < -0.39 is 5.97 Å². The molecule has 0 aromatic heterocycles. The standard InChI is InChI=1S/C21H26O3/c1-13(2)20(22)23-18-4-6-19(7-5-18)24-21(3)16-9-14-8-15(11-16)12-17(21)10-14/h4-7,14-17H,1,8-12H2,2-3H3. The van der Waals surface area contributed by atoms with E-state index >= 15 is 0 Å². The molecule has 3 heteroatoms. The topological polar surface area (TPSA) is 35.5 Å². The third-order valence-electron chi connectivity index (χ3n) is 6.48. The quantitative estimate of drug-likeness (QED) is 0.454. The number of carbonyl (C=O) groups excluding carboxylic acids is 1. The lowest BCUT2D eigenvalue weighted by Crippen LogP contribution is -2.59. The van der Waals surface area contributed by atoms with Crippen molar-refractivity contribution < 1.29 is 14.3 Å². The normalized spacial score (nSPS) is 36.4. The van der Waals surface area contributed by atoms with Gasteiger partial charge >= 0.3 is 5.97 Å². The lowest BCUT2D eigenvalue weighted by Gasteiger charge is -2.59. The predicted octanol–water partition coefficient (Wildman–Crippen LogP) is 4.76. The maximum absolute atomic E-state index is 11.6. The van der Waals surface area contributed by atoms with Crippen LogP contribution < -0.4 is 9.47 Å². The minimum atomic E-state index is -0.392. The Morgan fingerprint density at radius 3 is 2.00 bits per heavy atom. The molecule has 0 spiro atoms. The fourth-order valence-corrected chi connectivity index (χ4v) is 5.31. The third kappa shape index (κ3) is 2.64. The van der Waals surface area contributed by atoms with Crippen molar-refractivity contribution in [3.63, 3.8) is 0 Å². The van der Waals surface area contributed by atoms with Gasteiger partial charge < -0.3 is 9.47 Å². The van der Waals surface area contributed by atoms with Crippen LogP contribution in [-0.2, 0) is 4.79 Å². The van der Waals surface area contributed by atoms with Gasteiger partial charge in [0.25, 0.3) is 0 Å². The SMILES string of the molecule is C=C(C)C(=O)Oc1ccc(OC2(C)C3CC4CC(C3)CC2C4)cc1. The lowest BCUT2D eigenvalue weighted by molar-refractivity contribution is -0.145. The van der Waals surface area contributed by atoms with Crippen LogP contribution in [0.3, 0.4) is 0 Å². The molecule has 0 unspecified atom stereocenters. The summed E-state index contributed by atoms with van der Waals surface area (Å²) in [6, 6.07) is 7.43. The van der Waals surface area contributed by atoms with E-state index in [0.29, 0.717) is 23.2 Å². The monoisotopic (exact) mass is 326 g/mol. The van der Waals surface area contributed by atoms with E-state index in [1.165, 1.54) is 32.1 Å². The number of rotatable bonds is 4. The molecule has 24 heavy (non-hydrogen) atoms. The Hall–Kier alpha value is -1.77. The first-order valence-corrected chi connectivity index (χ1v) is 9.11. The highest BCUT2D eigenvalue weighted by Crippen LogP contribution is 2.59. The first kappa shape index (κ1) is 15.7. The first-order valence-electron chi connectivity index (χ1n) is 9.11. The van der Waals surface area contributed by atoms with Crippen LogP contribution in [0.15, 0.2) is 36.4 Å². The minimum absolute atomic E-state index is 0.0384. The zero-order chi connectivity index (χ0) is 16.9. The van der Waals surface area contributed by atoms with Crippen molar-refractivity contribution in [1.82, 2.24) is 0 Å². The predicted molar refractivity (Wildman–Crippen MR) is 93.0 cm³/mol. The molecule has 0 N–H and O–H groups in total. The van der Waals surface area contributed by atoms with Crippen molar-refractivity contribution in [3.8, 4) is 11.5 Å². The van der Waals surface area contributed by atoms with Crippen molar-refractivity contribution in [2.45, 2.75) is 51.6 Å². The van der Waals surface area contributed by atoms with Gasteiger partial charge in [0.05, 0.1) is 0 Å². The number of hydrogen-bond acceptors (Lipinski definition) is 3. The summed E-state index contributed by atoms with van der Waals surface area (Å²) in [7, 11) is 0. The molecule has 0 aliphatic heterocycles. The van der Waals surface area contributed by atoms with Crippen molar-refractivity contribution >= 4 is 5.97 Å². The molecule has 4 saturated carbocycles. The zero-order valence-electron chi connectivity index (χ0n) is 14.6. The van der Waals surface area contributed by atoms with Crippen molar-refractivity contribution in [2.24, 2.45) is 23.7 Å². The number of esters is 1. The lowest BCUT2D eigenvalue weighted by atomic mass is 9.50. The highest BCUT2D eigenvalue weighted by Gasteiger charge is 2.56. The molecule has 0 amide bonds. The highest BCUT2D eigenvalue weighted by atomic mass is 16.5. The molecular formula is C21H26O3. The van der Waals surface area contributed by atoms with Crippen LogP contribution in [-0.4, -0.2) is 11.6 Å². The Balaban J connectivity index is 1.47. The van der Waals surface area contributed by atoms with Gasteiger partial charge in [-0.15, -0.1) is 0 Å². The summed E-state index contributed by atoms with van der Waals surface area (Å²) in [5.74, 6) is 4.27. The summed E-state index contributed by atoms with van der Waals surface area (Å²) in [5.41, 5.74) is 0.361. The van der Waals surface area contributed by atoms with Crippen molar-refractivity contribution in [3.05, 3.63) is 36.4 Å². The van der Waals surface area contributed by atoms with Crippen LogP contribution in [0, 0.1) is 23.7 Å². The first-order chi connectivity index (χ1) is 11.4. The minimum Gasteiger partial charge on any atom is -0.487 e. The van der Waals surface area contributed by atoms with E-state index in [4.69, 9.17) is 9.47 Å². The molecule has 3 nitrogen and oxygen atoms in total. The average molecular weight is 326 g/mol. The second-order valence-electron chi connectivity index (χ2n) is 8.23. The van der Waals surface area contributed by atoms with Gasteiger partial charge in [-0.25, -0.2) is 4.79 Å². The highest BCUT2D eigenvalue weighted by molar-refractivity contribution is 5.88. The Morgan fingerprint density at radius 1 is 1.00 bits per heavy atom. The number of carbonyl (C=O) groups is 1. The van der Waals surface area contributed by atoms with E-state index in [-0.39, 0.29) is 5.60 Å². The third-order valence-corrected chi connectivity index (χ3v) is 6.48. The number of benzene rings is 1. The van der Waals surface area contributed by atoms with Gasteiger partial charge in [-0.2, -0.15) is 0 Å². The van der Waals surface area contributed by atoms with E-state index in [9.17, 15) is 4.79 Å². The average Bonchev–Trinajstić information content (AvgIpc) is 2.54. The fraction of sp³-hybridized carbons (Fsp3) is 0.571. The zero-order valence-corrected chi connectivity index (χ0v) is 14.6. The molecule has 0 radical (unpaired) electrons. The van der Waals surface area contributed by atoms with E-state index in [0.717, 1.165) is 17.6 Å². The summed E-state index contributed by atoms with van der Waals surface area (Å²) in [4.78, 5) is 11.6. The maximum Gasteiger partial charge on any atom is 0.338 e. The molecule has 0 heterocycles. The van der Waals surface area contributed by atoms with Gasteiger partial charge in [-0.3, -0.25) is 0 Å². The summed E-state index contributed by atoms with van der Waals surface area (Å²) < 4.78 is 11.8. The maximum atomic E-state index is 11.6. The van der Waals surface area contributed by atoms with Crippen molar-refractivity contribution in [1.29, 1.82) is 0 Å². The van der Waals surface area contributed by atoms with E-state index in [1.54, 1.807) is 19.1 Å². The molecule has 5 rings (SSSR count). The molecule has 1 aromatic rings. The van der Waals surface area contributed by atoms with E-state index in [2.05, 4.69) is 13.5 Å². The molecule has 0 saturated heterocycles. The summed E-state index contributed by atoms with van der Waals surface area (Å²) in [6.45, 7) is 7.56. The van der Waals surface area contributed by atoms with Gasteiger partial charge in [0.2, 0.25) is 0 Å². The second kappa shape index (κ2) is 5.65. The smallest absolute Gasteiger partial charge is 0.338 e. The molecule has 4 bridgehead atoms. The molecule has 128 valence electrons. The molecule has 4 fully saturated rings. The van der Waals surface area contributed by atoms with Crippen LogP contribution in [0.1, 0.15) is 46.0 Å². The van der Waals surface area contributed by atoms with Gasteiger partial charge in [0.15, 0.2) is 0 Å². The van der Waals surface area contributed by atoms with Crippen LogP contribution in [0.2, 0.25) is 0 Å². The number of hydrogen-bond donors (Lipinski definition) is 0. The van der Waals surface area contributed by atoms with Crippen LogP contribution >= 0.6 is 0 Å². The molecule has 4 aliphatic rings. The fourth-order valence-electron chi connectivity index (χ4n) is 5.31. The van der Waals surface area contributed by atoms with Gasteiger partial charge in [-0.1, -0.05) is 6.58 Å². The molecule has 0 atom stereocenters. The second-order valence-corrected chi connectivity index (χ2v) is 8.23. The van der Waals surface area contributed by atoms with Crippen molar-refractivity contribution in [2.75, 3.05) is 0 Å². The Kier molecular flexibility index (Phi) is 3.70. The van der Waals surface area contributed by atoms with Gasteiger partial charge in [0.1, 0.15) is 17.1 Å². The van der Waals surface area contributed by atoms with E-state index in [1.807, 2.05) is 12.1 Å². The van der Waals surface area contributed by atoms with Gasteiger partial charge in [-0.05, 0) is 93.9 Å².